The molecule has 0 aliphatic rings. The zero-order chi connectivity index (χ0) is 13.9. The van der Waals surface area contributed by atoms with Crippen LogP contribution in [0.15, 0.2) is 59.2 Å². The first-order valence-corrected chi connectivity index (χ1v) is 7.25. The summed E-state index contributed by atoms with van der Waals surface area (Å²) in [6, 6.07) is 15.9. The third kappa shape index (κ3) is 2.51. The molecule has 3 nitrogen and oxygen atoms in total. The molecule has 3 aromatic rings. The van der Waals surface area contributed by atoms with Gasteiger partial charge in [-0.05, 0) is 30.3 Å². The van der Waals surface area contributed by atoms with Gasteiger partial charge in [-0.25, -0.2) is 0 Å². The van der Waals surface area contributed by atoms with E-state index in [2.05, 4.69) is 38.8 Å². The highest BCUT2D eigenvalue weighted by molar-refractivity contribution is 9.10. The molecule has 0 aliphatic heterocycles. The minimum Gasteiger partial charge on any atom is -0.490 e. The molecule has 2 N–H and O–H groups in total. The Kier molecular flexibility index (Phi) is 3.65. The molecule has 0 saturated carbocycles. The fourth-order valence-corrected chi connectivity index (χ4v) is 2.73. The Balaban J connectivity index is 1.72. The highest BCUT2D eigenvalue weighted by Gasteiger charge is 2.04. The van der Waals surface area contributed by atoms with Crippen molar-refractivity contribution in [3.63, 3.8) is 0 Å². The summed E-state index contributed by atoms with van der Waals surface area (Å²) >= 11 is 3.56. The number of aromatic nitrogens is 1. The lowest BCUT2D eigenvalue weighted by Gasteiger charge is -2.10. The molecule has 0 atom stereocenters. The quantitative estimate of drug-likeness (QED) is 0.732. The summed E-state index contributed by atoms with van der Waals surface area (Å²) in [4.78, 5) is 0. The predicted octanol–water partition coefficient (Wildman–Crippen LogP) is 4.07. The van der Waals surface area contributed by atoms with Crippen LogP contribution in [0.4, 0.5) is 5.69 Å². The van der Waals surface area contributed by atoms with Crippen LogP contribution in [0.2, 0.25) is 0 Å². The van der Waals surface area contributed by atoms with Crippen LogP contribution in [0.1, 0.15) is 0 Å². The topological polar surface area (TPSA) is 40.2 Å². The predicted molar refractivity (Wildman–Crippen MR) is 86.0 cm³/mol. The number of fused-ring (bicyclic) bond motifs is 1. The van der Waals surface area contributed by atoms with Crippen LogP contribution >= 0.6 is 15.9 Å². The van der Waals surface area contributed by atoms with Crippen molar-refractivity contribution in [3.8, 4) is 5.75 Å². The van der Waals surface area contributed by atoms with Gasteiger partial charge in [0, 0.05) is 21.6 Å². The molecular weight excluding hydrogens is 316 g/mol. The summed E-state index contributed by atoms with van der Waals surface area (Å²) in [5.41, 5.74) is 7.72. The molecule has 20 heavy (non-hydrogen) atoms. The van der Waals surface area contributed by atoms with Crippen LogP contribution in [0.25, 0.3) is 10.9 Å². The molecule has 0 fully saturated rings. The van der Waals surface area contributed by atoms with Gasteiger partial charge in [0.1, 0.15) is 12.4 Å². The second-order valence-electron chi connectivity index (χ2n) is 4.57. The minimum atomic E-state index is 0.588. The van der Waals surface area contributed by atoms with Crippen molar-refractivity contribution in [2.24, 2.45) is 0 Å². The van der Waals surface area contributed by atoms with Gasteiger partial charge in [0.15, 0.2) is 0 Å². The van der Waals surface area contributed by atoms with Gasteiger partial charge >= 0.3 is 0 Å². The van der Waals surface area contributed by atoms with Crippen LogP contribution in [0.3, 0.4) is 0 Å². The Labute approximate surface area is 126 Å². The van der Waals surface area contributed by atoms with Gasteiger partial charge in [0.05, 0.1) is 12.2 Å². The number of hydrogen-bond acceptors (Lipinski definition) is 2. The summed E-state index contributed by atoms with van der Waals surface area (Å²) in [5, 5.41) is 1.21. The second kappa shape index (κ2) is 5.59. The van der Waals surface area contributed by atoms with Gasteiger partial charge in [-0.3, -0.25) is 0 Å². The molecular formula is C16H15BrN2O. The van der Waals surface area contributed by atoms with Gasteiger partial charge < -0.3 is 15.0 Å². The van der Waals surface area contributed by atoms with Crippen molar-refractivity contribution in [3.05, 3.63) is 59.2 Å². The lowest BCUT2D eigenvalue weighted by molar-refractivity contribution is 0.302. The second-order valence-corrected chi connectivity index (χ2v) is 5.42. The lowest BCUT2D eigenvalue weighted by Crippen LogP contribution is -2.08. The first kappa shape index (κ1) is 13.1. The van der Waals surface area contributed by atoms with Crippen LogP contribution in [-0.4, -0.2) is 11.2 Å². The van der Waals surface area contributed by atoms with Crippen molar-refractivity contribution < 1.29 is 4.74 Å². The normalized spacial score (nSPS) is 10.8. The number of benzene rings is 2. The van der Waals surface area contributed by atoms with Gasteiger partial charge in [0.25, 0.3) is 0 Å². The summed E-state index contributed by atoms with van der Waals surface area (Å²) in [5.74, 6) is 0.741. The van der Waals surface area contributed by atoms with Crippen molar-refractivity contribution in [2.75, 3.05) is 12.3 Å². The Bertz CT molecular complexity index is 736. The fourth-order valence-electron chi connectivity index (χ4n) is 2.25. The smallest absolute Gasteiger partial charge is 0.142 e. The zero-order valence-corrected chi connectivity index (χ0v) is 12.5. The number of anilines is 1. The zero-order valence-electron chi connectivity index (χ0n) is 10.9. The first-order valence-electron chi connectivity index (χ1n) is 6.46. The molecule has 0 aliphatic carbocycles. The van der Waals surface area contributed by atoms with Crippen LogP contribution in [0, 0.1) is 0 Å². The van der Waals surface area contributed by atoms with Crippen molar-refractivity contribution in [1.82, 2.24) is 4.57 Å². The van der Waals surface area contributed by atoms with E-state index < -0.39 is 0 Å². The van der Waals surface area contributed by atoms with E-state index in [1.165, 1.54) is 10.9 Å². The average molecular weight is 331 g/mol. The van der Waals surface area contributed by atoms with Gasteiger partial charge in [0.2, 0.25) is 0 Å². The molecule has 3 rings (SSSR count). The van der Waals surface area contributed by atoms with E-state index in [1.807, 2.05) is 36.4 Å². The maximum Gasteiger partial charge on any atom is 0.142 e. The van der Waals surface area contributed by atoms with E-state index >= 15 is 0 Å². The van der Waals surface area contributed by atoms with Crippen LogP contribution in [-0.2, 0) is 6.54 Å². The molecule has 0 amide bonds. The summed E-state index contributed by atoms with van der Waals surface area (Å²) < 4.78 is 9.02. The summed E-state index contributed by atoms with van der Waals surface area (Å²) in [6.07, 6.45) is 2.08. The number of para-hydroxylation sites is 2. The lowest BCUT2D eigenvalue weighted by atomic mass is 10.2. The van der Waals surface area contributed by atoms with Gasteiger partial charge in [-0.1, -0.05) is 34.1 Å². The molecule has 1 aromatic heterocycles. The van der Waals surface area contributed by atoms with E-state index in [-0.39, 0.29) is 0 Å². The van der Waals surface area contributed by atoms with Crippen molar-refractivity contribution >= 4 is 32.5 Å². The number of nitrogens with two attached hydrogens (primary N) is 1. The van der Waals surface area contributed by atoms with Gasteiger partial charge in [-0.15, -0.1) is 0 Å². The number of nitrogen functional groups attached to an aromatic ring is 1. The molecule has 2 aromatic carbocycles. The van der Waals surface area contributed by atoms with E-state index in [0.717, 1.165) is 16.8 Å². The average Bonchev–Trinajstić information content (AvgIpc) is 2.86. The maximum absolute atomic E-state index is 5.85. The van der Waals surface area contributed by atoms with Crippen molar-refractivity contribution in [2.45, 2.75) is 6.54 Å². The highest BCUT2D eigenvalue weighted by Crippen LogP contribution is 2.25. The molecule has 0 saturated heterocycles. The molecule has 102 valence electrons. The molecule has 0 radical (unpaired) electrons. The van der Waals surface area contributed by atoms with E-state index in [9.17, 15) is 0 Å². The number of halogens is 1. The number of ether oxygens (including phenoxy) is 1. The number of nitrogens with zero attached hydrogens (tertiary/aromatic N) is 1. The van der Waals surface area contributed by atoms with Crippen LogP contribution < -0.4 is 10.5 Å². The molecule has 0 bridgehead atoms. The number of rotatable bonds is 4. The Morgan fingerprint density at radius 2 is 1.90 bits per heavy atom. The maximum atomic E-state index is 5.85. The summed E-state index contributed by atoms with van der Waals surface area (Å²) in [7, 11) is 0. The SMILES string of the molecule is Nc1ccccc1OCCn1ccc2c(Br)cccc21. The molecule has 0 unspecified atom stereocenters. The number of hydrogen-bond donors (Lipinski definition) is 1. The third-order valence-corrected chi connectivity index (χ3v) is 3.96. The fraction of sp³-hybridized carbons (Fsp3) is 0.125. The largest absolute Gasteiger partial charge is 0.490 e. The highest BCUT2D eigenvalue weighted by atomic mass is 79.9. The third-order valence-electron chi connectivity index (χ3n) is 3.27. The molecule has 1 heterocycles. The Morgan fingerprint density at radius 1 is 1.05 bits per heavy atom. The monoisotopic (exact) mass is 330 g/mol. The van der Waals surface area contributed by atoms with Crippen LogP contribution in [0.5, 0.6) is 5.75 Å². The van der Waals surface area contributed by atoms with Gasteiger partial charge in [-0.2, -0.15) is 0 Å². The first-order chi connectivity index (χ1) is 9.75. The molecule has 0 spiro atoms. The Morgan fingerprint density at radius 3 is 2.75 bits per heavy atom. The van der Waals surface area contributed by atoms with E-state index in [0.29, 0.717) is 12.3 Å². The van der Waals surface area contributed by atoms with Crippen molar-refractivity contribution in [1.29, 1.82) is 0 Å². The standard InChI is InChI=1S/C16H15BrN2O/c17-13-4-3-6-15-12(13)8-9-19(15)10-11-20-16-7-2-1-5-14(16)18/h1-9H,10-11,18H2. The summed E-state index contributed by atoms with van der Waals surface area (Å²) in [6.45, 7) is 1.37. The van der Waals surface area contributed by atoms with E-state index in [4.69, 9.17) is 10.5 Å². The minimum absolute atomic E-state index is 0.588. The van der Waals surface area contributed by atoms with E-state index in [1.54, 1.807) is 0 Å². The molecule has 4 heteroatoms. The Hall–Kier alpha value is -1.94.